The monoisotopic (exact) mass is 359 g/mol. The van der Waals surface area contributed by atoms with E-state index in [2.05, 4.69) is 22.0 Å². The van der Waals surface area contributed by atoms with Crippen molar-refractivity contribution < 1.29 is 9.18 Å². The predicted molar refractivity (Wildman–Crippen MR) is 102 cm³/mol. The molecular weight excluding hydrogens is 329 g/mol. The number of para-hydroxylation sites is 1. The van der Waals surface area contributed by atoms with Crippen LogP contribution in [-0.2, 0) is 4.79 Å². The Morgan fingerprint density at radius 1 is 1.19 bits per heavy atom. The summed E-state index contributed by atoms with van der Waals surface area (Å²) >= 11 is 0. The third-order valence-electron chi connectivity index (χ3n) is 6.76. The van der Waals surface area contributed by atoms with Gasteiger partial charge in [0.2, 0.25) is 5.91 Å². The molecule has 1 aromatic rings. The van der Waals surface area contributed by atoms with Crippen LogP contribution in [0.1, 0.15) is 32.6 Å². The van der Waals surface area contributed by atoms with Crippen molar-refractivity contribution in [2.24, 2.45) is 17.8 Å². The summed E-state index contributed by atoms with van der Waals surface area (Å²) in [6.45, 7) is 5.75. The highest BCUT2D eigenvalue weighted by Gasteiger charge is 2.42. The van der Waals surface area contributed by atoms with Crippen molar-refractivity contribution in [3.05, 3.63) is 30.1 Å². The average molecular weight is 359 g/mol. The highest BCUT2D eigenvalue weighted by Crippen LogP contribution is 2.49. The molecule has 3 fully saturated rings. The number of benzene rings is 1. The Balaban J connectivity index is 1.23. The van der Waals surface area contributed by atoms with Gasteiger partial charge in [0.05, 0.1) is 12.2 Å². The Labute approximate surface area is 155 Å². The van der Waals surface area contributed by atoms with Crippen LogP contribution < -0.4 is 10.2 Å². The number of carbonyl (C=O) groups is 1. The van der Waals surface area contributed by atoms with E-state index >= 15 is 0 Å². The fourth-order valence-corrected chi connectivity index (χ4v) is 5.37. The van der Waals surface area contributed by atoms with Gasteiger partial charge in [0.1, 0.15) is 5.82 Å². The summed E-state index contributed by atoms with van der Waals surface area (Å²) in [6, 6.07) is 7.21. The number of carbonyl (C=O) groups excluding carboxylic acids is 1. The molecule has 1 saturated heterocycles. The molecule has 1 N–H and O–H groups in total. The standard InChI is InChI=1S/C21H30FN3O/c1-15(18-13-16-6-7-17(18)12-16)23-21(26)14-24-8-10-25(11-9-24)20-5-3-2-4-19(20)22/h2-5,15-18H,6-14H2,1H3,(H,23,26). The van der Waals surface area contributed by atoms with Gasteiger partial charge in [-0.1, -0.05) is 18.6 Å². The lowest BCUT2D eigenvalue weighted by Crippen LogP contribution is -2.51. The molecule has 3 aliphatic rings. The van der Waals surface area contributed by atoms with Crippen molar-refractivity contribution in [2.75, 3.05) is 37.6 Å². The van der Waals surface area contributed by atoms with Crippen LogP contribution in [0, 0.1) is 23.6 Å². The summed E-state index contributed by atoms with van der Waals surface area (Å²) in [4.78, 5) is 16.7. The molecule has 4 rings (SSSR count). The number of halogens is 1. The molecule has 0 radical (unpaired) electrons. The lowest BCUT2D eigenvalue weighted by molar-refractivity contribution is -0.123. The fraction of sp³-hybridized carbons (Fsp3) is 0.667. The van der Waals surface area contributed by atoms with E-state index in [1.54, 1.807) is 6.07 Å². The first-order valence-electron chi connectivity index (χ1n) is 10.1. The van der Waals surface area contributed by atoms with Crippen molar-refractivity contribution in [3.63, 3.8) is 0 Å². The molecule has 4 atom stereocenters. The third kappa shape index (κ3) is 3.73. The Hall–Kier alpha value is -1.62. The van der Waals surface area contributed by atoms with Gasteiger partial charge in [-0.15, -0.1) is 0 Å². The van der Waals surface area contributed by atoms with Crippen LogP contribution in [-0.4, -0.2) is 49.6 Å². The third-order valence-corrected chi connectivity index (χ3v) is 6.76. The topological polar surface area (TPSA) is 35.6 Å². The molecule has 1 heterocycles. The van der Waals surface area contributed by atoms with Gasteiger partial charge in [-0.3, -0.25) is 9.69 Å². The quantitative estimate of drug-likeness (QED) is 0.878. The first kappa shape index (κ1) is 17.8. The van der Waals surface area contributed by atoms with Gasteiger partial charge >= 0.3 is 0 Å². The number of hydrogen-bond acceptors (Lipinski definition) is 3. The summed E-state index contributed by atoms with van der Waals surface area (Å²) in [5.74, 6) is 2.39. The van der Waals surface area contributed by atoms with E-state index in [1.807, 2.05) is 12.1 Å². The molecule has 1 amide bonds. The molecule has 2 saturated carbocycles. The number of fused-ring (bicyclic) bond motifs is 2. The minimum absolute atomic E-state index is 0.139. The van der Waals surface area contributed by atoms with Crippen LogP contribution in [0.15, 0.2) is 24.3 Å². The normalized spacial score (nSPS) is 29.8. The van der Waals surface area contributed by atoms with Crippen LogP contribution >= 0.6 is 0 Å². The smallest absolute Gasteiger partial charge is 0.234 e. The number of piperazine rings is 1. The first-order valence-corrected chi connectivity index (χ1v) is 10.1. The highest BCUT2D eigenvalue weighted by molar-refractivity contribution is 5.78. The van der Waals surface area contributed by atoms with E-state index in [1.165, 1.54) is 31.7 Å². The van der Waals surface area contributed by atoms with Crippen molar-refractivity contribution in [3.8, 4) is 0 Å². The number of amides is 1. The number of hydrogen-bond donors (Lipinski definition) is 1. The Bertz CT molecular complexity index is 644. The van der Waals surface area contributed by atoms with Gasteiger partial charge in [0.25, 0.3) is 0 Å². The molecule has 5 heteroatoms. The fourth-order valence-electron chi connectivity index (χ4n) is 5.37. The maximum Gasteiger partial charge on any atom is 0.234 e. The maximum atomic E-state index is 13.9. The van der Waals surface area contributed by atoms with E-state index in [-0.39, 0.29) is 17.8 Å². The molecule has 2 aliphatic carbocycles. The van der Waals surface area contributed by atoms with Crippen molar-refractivity contribution in [1.82, 2.24) is 10.2 Å². The molecule has 0 aromatic heterocycles. The van der Waals surface area contributed by atoms with E-state index in [0.29, 0.717) is 18.2 Å². The summed E-state index contributed by atoms with van der Waals surface area (Å²) in [7, 11) is 0. The van der Waals surface area contributed by atoms with Gasteiger partial charge in [-0.25, -0.2) is 4.39 Å². The van der Waals surface area contributed by atoms with Crippen molar-refractivity contribution >= 4 is 11.6 Å². The zero-order valence-corrected chi connectivity index (χ0v) is 15.7. The average Bonchev–Trinajstić information content (AvgIpc) is 3.26. The Kier molecular flexibility index (Phi) is 5.16. The Morgan fingerprint density at radius 3 is 2.62 bits per heavy atom. The molecule has 4 nitrogen and oxygen atoms in total. The minimum atomic E-state index is -0.168. The zero-order valence-electron chi connectivity index (χ0n) is 15.7. The minimum Gasteiger partial charge on any atom is -0.367 e. The second kappa shape index (κ2) is 7.55. The molecule has 4 unspecified atom stereocenters. The van der Waals surface area contributed by atoms with Crippen molar-refractivity contribution in [1.29, 1.82) is 0 Å². The molecule has 1 aromatic carbocycles. The summed E-state index contributed by atoms with van der Waals surface area (Å²) in [5, 5.41) is 3.25. The number of nitrogens with one attached hydrogen (secondary N) is 1. The van der Waals surface area contributed by atoms with Gasteiger partial charge in [-0.05, 0) is 56.1 Å². The predicted octanol–water partition coefficient (Wildman–Crippen LogP) is 2.89. The van der Waals surface area contributed by atoms with Crippen LogP contribution in [0.2, 0.25) is 0 Å². The van der Waals surface area contributed by atoms with Crippen LogP contribution in [0.4, 0.5) is 10.1 Å². The maximum absolute atomic E-state index is 13.9. The number of nitrogens with zero attached hydrogens (tertiary/aromatic N) is 2. The van der Waals surface area contributed by atoms with Crippen LogP contribution in [0.5, 0.6) is 0 Å². The molecule has 26 heavy (non-hydrogen) atoms. The van der Waals surface area contributed by atoms with Gasteiger partial charge < -0.3 is 10.2 Å². The summed E-state index contributed by atoms with van der Waals surface area (Å²) in [5.41, 5.74) is 0.668. The second-order valence-corrected chi connectivity index (χ2v) is 8.41. The molecule has 1 aliphatic heterocycles. The van der Waals surface area contributed by atoms with Crippen LogP contribution in [0.3, 0.4) is 0 Å². The van der Waals surface area contributed by atoms with Crippen LogP contribution in [0.25, 0.3) is 0 Å². The highest BCUT2D eigenvalue weighted by atomic mass is 19.1. The molecule has 0 spiro atoms. The second-order valence-electron chi connectivity index (χ2n) is 8.41. The SMILES string of the molecule is CC(NC(=O)CN1CCN(c2ccccc2F)CC1)C1CC2CCC1C2. The van der Waals surface area contributed by atoms with E-state index in [0.717, 1.165) is 38.0 Å². The van der Waals surface area contributed by atoms with Gasteiger partial charge in [0, 0.05) is 32.2 Å². The lowest BCUT2D eigenvalue weighted by Gasteiger charge is -2.36. The van der Waals surface area contributed by atoms with E-state index in [9.17, 15) is 9.18 Å². The molecular formula is C21H30FN3O. The van der Waals surface area contributed by atoms with Gasteiger partial charge in [0.15, 0.2) is 0 Å². The number of rotatable bonds is 5. The molecule has 2 bridgehead atoms. The number of anilines is 1. The van der Waals surface area contributed by atoms with Gasteiger partial charge in [-0.2, -0.15) is 0 Å². The largest absolute Gasteiger partial charge is 0.367 e. The zero-order chi connectivity index (χ0) is 18.1. The summed E-state index contributed by atoms with van der Waals surface area (Å²) in [6.07, 6.45) is 5.43. The molecule has 142 valence electrons. The summed E-state index contributed by atoms with van der Waals surface area (Å²) < 4.78 is 13.9. The van der Waals surface area contributed by atoms with E-state index in [4.69, 9.17) is 0 Å². The lowest BCUT2D eigenvalue weighted by atomic mass is 9.84. The van der Waals surface area contributed by atoms with Crippen molar-refractivity contribution in [2.45, 2.75) is 38.6 Å². The first-order chi connectivity index (χ1) is 12.6. The Morgan fingerprint density at radius 2 is 1.96 bits per heavy atom. The van der Waals surface area contributed by atoms with E-state index < -0.39 is 0 Å².